The number of carboxylic acids is 1. The fraction of sp³-hybridized carbons (Fsp3) is 0.500. The van der Waals surface area contributed by atoms with Crippen molar-refractivity contribution >= 4 is 11.9 Å². The summed E-state index contributed by atoms with van der Waals surface area (Å²) in [6.07, 6.45) is 0. The normalized spacial score (nSPS) is 15.6. The Hall–Kier alpha value is -1.69. The Morgan fingerprint density at radius 2 is 2.25 bits per heavy atom. The molecule has 0 radical (unpaired) electrons. The lowest BCUT2D eigenvalue weighted by Crippen LogP contribution is -2.26. The van der Waals surface area contributed by atoms with Crippen LogP contribution in [0.15, 0.2) is 0 Å². The summed E-state index contributed by atoms with van der Waals surface area (Å²) in [7, 11) is 0. The molecular formula is C10H13N3O3. The van der Waals surface area contributed by atoms with Crippen LogP contribution in [0.1, 0.15) is 23.9 Å². The molecule has 86 valence electrons. The van der Waals surface area contributed by atoms with Gasteiger partial charge in [0.2, 0.25) is 5.95 Å². The summed E-state index contributed by atoms with van der Waals surface area (Å²) in [6, 6.07) is -0.709. The maximum Gasteiger partial charge on any atom is 0.325 e. The van der Waals surface area contributed by atoms with Gasteiger partial charge in [0.15, 0.2) is 0 Å². The highest BCUT2D eigenvalue weighted by atomic mass is 16.5. The number of carbonyl (C=O) groups is 1. The molecule has 2 N–H and O–H groups in total. The maximum absolute atomic E-state index is 10.7. The molecule has 16 heavy (non-hydrogen) atoms. The molecule has 0 aliphatic carbocycles. The maximum atomic E-state index is 10.7. The molecule has 0 saturated heterocycles. The lowest BCUT2D eigenvalue weighted by Gasteiger charge is -2.10. The predicted octanol–water partition coefficient (Wildman–Crippen LogP) is 0.700. The summed E-state index contributed by atoms with van der Waals surface area (Å²) >= 11 is 0. The van der Waals surface area contributed by atoms with Crippen molar-refractivity contribution in [3.63, 3.8) is 0 Å². The molecule has 1 atom stereocenters. The number of anilines is 1. The fourth-order valence-corrected chi connectivity index (χ4v) is 1.53. The SMILES string of the molecule is Cc1nc(NC(C)C(=O)O)nc2c1COC2. The Balaban J connectivity index is 2.23. The predicted molar refractivity (Wildman–Crippen MR) is 56.0 cm³/mol. The lowest BCUT2D eigenvalue weighted by atomic mass is 10.2. The first-order valence-electron chi connectivity index (χ1n) is 5.01. The van der Waals surface area contributed by atoms with Crippen molar-refractivity contribution < 1.29 is 14.6 Å². The number of nitrogens with one attached hydrogen (secondary N) is 1. The van der Waals surface area contributed by atoms with Crippen LogP contribution in [0, 0.1) is 6.92 Å². The standard InChI is InChI=1S/C10H13N3O3/c1-5-7-3-16-4-8(7)13-10(11-5)12-6(2)9(14)15/h6H,3-4H2,1-2H3,(H,14,15)(H,11,12,13). The molecule has 0 saturated carbocycles. The molecule has 0 amide bonds. The van der Waals surface area contributed by atoms with Gasteiger partial charge in [-0.1, -0.05) is 0 Å². The van der Waals surface area contributed by atoms with E-state index < -0.39 is 12.0 Å². The molecule has 2 rings (SSSR count). The molecule has 1 aromatic heterocycles. The number of hydrogen-bond acceptors (Lipinski definition) is 5. The smallest absolute Gasteiger partial charge is 0.325 e. The second kappa shape index (κ2) is 4.05. The van der Waals surface area contributed by atoms with Crippen LogP contribution in [-0.2, 0) is 22.7 Å². The van der Waals surface area contributed by atoms with Crippen molar-refractivity contribution in [2.24, 2.45) is 0 Å². The summed E-state index contributed by atoms with van der Waals surface area (Å²) < 4.78 is 5.26. The van der Waals surface area contributed by atoms with E-state index in [2.05, 4.69) is 15.3 Å². The average Bonchev–Trinajstić information content (AvgIpc) is 2.65. The van der Waals surface area contributed by atoms with Crippen molar-refractivity contribution in [2.75, 3.05) is 5.32 Å². The molecule has 0 bridgehead atoms. The van der Waals surface area contributed by atoms with Gasteiger partial charge in [0.1, 0.15) is 6.04 Å². The van der Waals surface area contributed by atoms with E-state index in [1.54, 1.807) is 6.92 Å². The van der Waals surface area contributed by atoms with Gasteiger partial charge in [-0.25, -0.2) is 9.97 Å². The van der Waals surface area contributed by atoms with Crippen LogP contribution in [0.25, 0.3) is 0 Å². The Labute approximate surface area is 92.7 Å². The monoisotopic (exact) mass is 223 g/mol. The molecule has 1 aromatic rings. The summed E-state index contributed by atoms with van der Waals surface area (Å²) in [5, 5.41) is 11.5. The van der Waals surface area contributed by atoms with E-state index in [1.807, 2.05) is 6.92 Å². The first-order valence-corrected chi connectivity index (χ1v) is 5.01. The average molecular weight is 223 g/mol. The number of ether oxygens (including phenoxy) is 1. The third kappa shape index (κ3) is 1.96. The van der Waals surface area contributed by atoms with Crippen LogP contribution < -0.4 is 5.32 Å². The van der Waals surface area contributed by atoms with E-state index in [4.69, 9.17) is 9.84 Å². The van der Waals surface area contributed by atoms with Gasteiger partial charge in [-0.15, -0.1) is 0 Å². The Morgan fingerprint density at radius 3 is 2.94 bits per heavy atom. The topological polar surface area (TPSA) is 84.3 Å². The largest absolute Gasteiger partial charge is 0.480 e. The molecule has 1 aliphatic rings. The zero-order chi connectivity index (χ0) is 11.7. The van der Waals surface area contributed by atoms with Gasteiger partial charge in [-0.05, 0) is 13.8 Å². The Bertz CT molecular complexity index is 434. The number of nitrogens with zero attached hydrogens (tertiary/aromatic N) is 2. The number of aliphatic carboxylic acids is 1. The number of fused-ring (bicyclic) bond motifs is 1. The summed E-state index contributed by atoms with van der Waals surface area (Å²) in [4.78, 5) is 19.1. The van der Waals surface area contributed by atoms with Gasteiger partial charge >= 0.3 is 5.97 Å². The molecular weight excluding hydrogens is 210 g/mol. The van der Waals surface area contributed by atoms with Gasteiger partial charge in [0.25, 0.3) is 0 Å². The number of hydrogen-bond donors (Lipinski definition) is 2. The molecule has 1 unspecified atom stereocenters. The minimum atomic E-state index is -0.932. The molecule has 2 heterocycles. The summed E-state index contributed by atoms with van der Waals surface area (Å²) in [6.45, 7) is 4.42. The van der Waals surface area contributed by atoms with E-state index >= 15 is 0 Å². The second-order valence-corrected chi connectivity index (χ2v) is 3.75. The lowest BCUT2D eigenvalue weighted by molar-refractivity contribution is -0.137. The molecule has 6 nitrogen and oxygen atoms in total. The van der Waals surface area contributed by atoms with Gasteiger partial charge < -0.3 is 15.2 Å². The van der Waals surface area contributed by atoms with Crippen molar-refractivity contribution in [1.82, 2.24) is 9.97 Å². The van der Waals surface area contributed by atoms with Crippen molar-refractivity contribution in [1.29, 1.82) is 0 Å². The van der Waals surface area contributed by atoms with Gasteiger partial charge in [0.05, 0.1) is 18.9 Å². The van der Waals surface area contributed by atoms with E-state index in [-0.39, 0.29) is 0 Å². The third-order valence-corrected chi connectivity index (χ3v) is 2.50. The molecule has 0 aromatic carbocycles. The summed E-state index contributed by atoms with van der Waals surface area (Å²) in [5.41, 5.74) is 2.68. The van der Waals surface area contributed by atoms with Crippen LogP contribution >= 0.6 is 0 Å². The van der Waals surface area contributed by atoms with Gasteiger partial charge in [0, 0.05) is 11.3 Å². The van der Waals surface area contributed by atoms with Crippen molar-refractivity contribution in [3.8, 4) is 0 Å². The van der Waals surface area contributed by atoms with Crippen LogP contribution in [0.3, 0.4) is 0 Å². The summed E-state index contributed by atoms with van der Waals surface area (Å²) in [5.74, 6) is -0.588. The van der Waals surface area contributed by atoms with Gasteiger partial charge in [-0.3, -0.25) is 4.79 Å². The number of rotatable bonds is 3. The van der Waals surface area contributed by atoms with Crippen molar-refractivity contribution in [2.45, 2.75) is 33.1 Å². The first kappa shape index (κ1) is 10.8. The highest BCUT2D eigenvalue weighted by Crippen LogP contribution is 2.21. The van der Waals surface area contributed by atoms with E-state index in [9.17, 15) is 4.79 Å². The van der Waals surface area contributed by atoms with Crippen LogP contribution in [-0.4, -0.2) is 27.1 Å². The second-order valence-electron chi connectivity index (χ2n) is 3.75. The molecule has 6 heteroatoms. The molecule has 0 spiro atoms. The third-order valence-electron chi connectivity index (χ3n) is 2.50. The zero-order valence-electron chi connectivity index (χ0n) is 9.15. The van der Waals surface area contributed by atoms with Gasteiger partial charge in [-0.2, -0.15) is 0 Å². The van der Waals surface area contributed by atoms with Crippen molar-refractivity contribution in [3.05, 3.63) is 17.0 Å². The quantitative estimate of drug-likeness (QED) is 0.784. The highest BCUT2D eigenvalue weighted by molar-refractivity contribution is 5.75. The molecule has 0 fully saturated rings. The van der Waals surface area contributed by atoms with Crippen LogP contribution in [0.2, 0.25) is 0 Å². The van der Waals surface area contributed by atoms with Crippen LogP contribution in [0.4, 0.5) is 5.95 Å². The zero-order valence-corrected chi connectivity index (χ0v) is 9.15. The van der Waals surface area contributed by atoms with Crippen LogP contribution in [0.5, 0.6) is 0 Å². The number of aryl methyl sites for hydroxylation is 1. The van der Waals surface area contributed by atoms with E-state index in [1.165, 1.54) is 0 Å². The first-order chi connectivity index (χ1) is 7.58. The Kier molecular flexibility index (Phi) is 2.74. The van der Waals surface area contributed by atoms with E-state index in [0.29, 0.717) is 19.2 Å². The number of carboxylic acid groups (broad SMARTS) is 1. The minimum absolute atomic E-state index is 0.344. The minimum Gasteiger partial charge on any atom is -0.480 e. The van der Waals surface area contributed by atoms with E-state index in [0.717, 1.165) is 17.0 Å². The number of aromatic nitrogens is 2. The fourth-order valence-electron chi connectivity index (χ4n) is 1.53. The highest BCUT2D eigenvalue weighted by Gasteiger charge is 2.19. The molecule has 1 aliphatic heterocycles. The Morgan fingerprint density at radius 1 is 1.50 bits per heavy atom.